The number of ether oxygens (including phenoxy) is 3. The molecular formula is C22H18FNO4. The molecule has 5 nitrogen and oxygen atoms in total. The van der Waals surface area contributed by atoms with Crippen molar-refractivity contribution >= 4 is 11.1 Å². The van der Waals surface area contributed by atoms with Gasteiger partial charge in [-0.3, -0.25) is 0 Å². The first-order chi connectivity index (χ1) is 13.7. The van der Waals surface area contributed by atoms with Crippen molar-refractivity contribution < 1.29 is 23.0 Å². The second-order valence-electron chi connectivity index (χ2n) is 6.06. The summed E-state index contributed by atoms with van der Waals surface area (Å²) in [5.41, 5.74) is 3.17. The Hall–Kier alpha value is -3.54. The molecule has 3 aromatic carbocycles. The van der Waals surface area contributed by atoms with Gasteiger partial charge in [0.2, 0.25) is 11.6 Å². The second-order valence-corrected chi connectivity index (χ2v) is 6.06. The molecule has 1 aromatic heterocycles. The van der Waals surface area contributed by atoms with Gasteiger partial charge in [-0.05, 0) is 42.0 Å². The Bertz CT molecular complexity index is 1150. The van der Waals surface area contributed by atoms with Crippen LogP contribution in [-0.2, 0) is 0 Å². The number of benzene rings is 3. The van der Waals surface area contributed by atoms with E-state index >= 15 is 0 Å². The van der Waals surface area contributed by atoms with Crippen LogP contribution in [0.3, 0.4) is 0 Å². The van der Waals surface area contributed by atoms with Crippen LogP contribution >= 0.6 is 0 Å². The van der Waals surface area contributed by atoms with Gasteiger partial charge in [-0.1, -0.05) is 18.2 Å². The van der Waals surface area contributed by atoms with Crippen molar-refractivity contribution in [3.63, 3.8) is 0 Å². The van der Waals surface area contributed by atoms with Crippen LogP contribution < -0.4 is 14.2 Å². The van der Waals surface area contributed by atoms with Crippen LogP contribution in [0.5, 0.6) is 17.2 Å². The molecular weight excluding hydrogens is 361 g/mol. The number of methoxy groups -OCH3 is 3. The zero-order chi connectivity index (χ0) is 19.7. The van der Waals surface area contributed by atoms with Crippen LogP contribution in [0, 0.1) is 5.82 Å². The zero-order valence-corrected chi connectivity index (χ0v) is 15.7. The molecule has 0 radical (unpaired) electrons. The van der Waals surface area contributed by atoms with Crippen LogP contribution in [-0.4, -0.2) is 26.3 Å². The smallest absolute Gasteiger partial charge is 0.230 e. The number of fused-ring (bicyclic) bond motifs is 1. The molecule has 0 aliphatic heterocycles. The third kappa shape index (κ3) is 2.93. The first kappa shape index (κ1) is 17.9. The molecule has 6 heteroatoms. The monoisotopic (exact) mass is 379 g/mol. The summed E-state index contributed by atoms with van der Waals surface area (Å²) in [4.78, 5) is 4.40. The van der Waals surface area contributed by atoms with Crippen LogP contribution in [0.2, 0.25) is 0 Å². The molecule has 4 aromatic rings. The normalized spacial score (nSPS) is 10.9. The van der Waals surface area contributed by atoms with Crippen molar-refractivity contribution in [2.45, 2.75) is 0 Å². The summed E-state index contributed by atoms with van der Waals surface area (Å²) in [6.45, 7) is 0. The molecule has 0 spiro atoms. The van der Waals surface area contributed by atoms with Gasteiger partial charge in [0.15, 0.2) is 17.1 Å². The molecule has 0 bridgehead atoms. The molecule has 4 rings (SSSR count). The summed E-state index contributed by atoms with van der Waals surface area (Å²) in [6, 6.07) is 15.7. The van der Waals surface area contributed by atoms with Crippen molar-refractivity contribution in [3.8, 4) is 39.8 Å². The maximum atomic E-state index is 14.1. The van der Waals surface area contributed by atoms with E-state index in [0.29, 0.717) is 33.9 Å². The summed E-state index contributed by atoms with van der Waals surface area (Å²) in [7, 11) is 4.70. The van der Waals surface area contributed by atoms with E-state index in [9.17, 15) is 4.39 Å². The van der Waals surface area contributed by atoms with Crippen LogP contribution in [0.25, 0.3) is 33.7 Å². The largest absolute Gasteiger partial charge is 0.493 e. The summed E-state index contributed by atoms with van der Waals surface area (Å²) >= 11 is 0. The number of hydrogen-bond donors (Lipinski definition) is 0. The van der Waals surface area contributed by atoms with E-state index in [0.717, 1.165) is 11.1 Å². The fourth-order valence-corrected chi connectivity index (χ4v) is 3.17. The molecule has 28 heavy (non-hydrogen) atoms. The predicted molar refractivity (Wildman–Crippen MR) is 104 cm³/mol. The third-order valence-electron chi connectivity index (χ3n) is 4.51. The van der Waals surface area contributed by atoms with Gasteiger partial charge < -0.3 is 18.6 Å². The third-order valence-corrected chi connectivity index (χ3v) is 4.51. The van der Waals surface area contributed by atoms with E-state index in [1.165, 1.54) is 6.07 Å². The number of aromatic nitrogens is 1. The minimum atomic E-state index is -0.379. The first-order valence-electron chi connectivity index (χ1n) is 8.61. The van der Waals surface area contributed by atoms with E-state index in [1.807, 2.05) is 30.3 Å². The molecule has 0 N–H and O–H groups in total. The molecule has 0 aliphatic rings. The average Bonchev–Trinajstić information content (AvgIpc) is 3.15. The Morgan fingerprint density at radius 1 is 0.821 bits per heavy atom. The SMILES string of the molecule is COc1ccc(-c2ccc3nc(-c4ccccc4F)oc3c2)c(OC)c1OC. The van der Waals surface area contributed by atoms with Gasteiger partial charge in [0.1, 0.15) is 11.3 Å². The fourth-order valence-electron chi connectivity index (χ4n) is 3.17. The van der Waals surface area contributed by atoms with E-state index in [1.54, 1.807) is 39.5 Å². The quantitative estimate of drug-likeness (QED) is 0.469. The lowest BCUT2D eigenvalue weighted by molar-refractivity contribution is 0.325. The summed E-state index contributed by atoms with van der Waals surface area (Å²) in [6.07, 6.45) is 0. The highest BCUT2D eigenvalue weighted by molar-refractivity contribution is 5.85. The van der Waals surface area contributed by atoms with Crippen molar-refractivity contribution in [3.05, 3.63) is 60.4 Å². The van der Waals surface area contributed by atoms with E-state index in [-0.39, 0.29) is 11.7 Å². The van der Waals surface area contributed by atoms with Gasteiger partial charge in [0.25, 0.3) is 0 Å². The number of oxazole rings is 1. The molecule has 0 saturated carbocycles. The van der Waals surface area contributed by atoms with E-state index in [4.69, 9.17) is 18.6 Å². The van der Waals surface area contributed by atoms with E-state index in [2.05, 4.69) is 4.98 Å². The van der Waals surface area contributed by atoms with Gasteiger partial charge in [-0.2, -0.15) is 0 Å². The average molecular weight is 379 g/mol. The maximum Gasteiger partial charge on any atom is 0.230 e. The predicted octanol–water partition coefficient (Wildman–Crippen LogP) is 5.33. The Labute approximate surface area is 161 Å². The Kier molecular flexibility index (Phi) is 4.61. The van der Waals surface area contributed by atoms with Gasteiger partial charge in [0, 0.05) is 5.56 Å². The minimum absolute atomic E-state index is 0.240. The minimum Gasteiger partial charge on any atom is -0.493 e. The van der Waals surface area contributed by atoms with Gasteiger partial charge >= 0.3 is 0 Å². The molecule has 0 aliphatic carbocycles. The molecule has 0 fully saturated rings. The molecule has 1 heterocycles. The molecule has 0 amide bonds. The van der Waals surface area contributed by atoms with E-state index < -0.39 is 0 Å². The van der Waals surface area contributed by atoms with Crippen LogP contribution in [0.1, 0.15) is 0 Å². The molecule has 0 atom stereocenters. The zero-order valence-electron chi connectivity index (χ0n) is 15.7. The topological polar surface area (TPSA) is 53.7 Å². The molecule has 142 valence electrons. The number of halogens is 1. The Morgan fingerprint density at radius 3 is 2.32 bits per heavy atom. The number of hydrogen-bond acceptors (Lipinski definition) is 5. The maximum absolute atomic E-state index is 14.1. The van der Waals surface area contributed by atoms with Gasteiger partial charge in [-0.25, -0.2) is 9.37 Å². The second kappa shape index (κ2) is 7.23. The molecule has 0 unspecified atom stereocenters. The van der Waals surface area contributed by atoms with Crippen molar-refractivity contribution in [1.82, 2.24) is 4.98 Å². The Balaban J connectivity index is 1.84. The number of rotatable bonds is 5. The lowest BCUT2D eigenvalue weighted by atomic mass is 10.0. The highest BCUT2D eigenvalue weighted by atomic mass is 19.1. The summed E-state index contributed by atoms with van der Waals surface area (Å²) < 4.78 is 36.2. The van der Waals surface area contributed by atoms with Gasteiger partial charge in [-0.15, -0.1) is 0 Å². The summed E-state index contributed by atoms with van der Waals surface area (Å²) in [5, 5.41) is 0. The first-order valence-corrected chi connectivity index (χ1v) is 8.61. The van der Waals surface area contributed by atoms with Crippen molar-refractivity contribution in [2.75, 3.05) is 21.3 Å². The fraction of sp³-hybridized carbons (Fsp3) is 0.136. The van der Waals surface area contributed by atoms with Crippen molar-refractivity contribution in [2.24, 2.45) is 0 Å². The summed E-state index contributed by atoms with van der Waals surface area (Å²) in [5.74, 6) is 1.49. The van der Waals surface area contributed by atoms with Gasteiger partial charge in [0.05, 0.1) is 26.9 Å². The molecule has 0 saturated heterocycles. The Morgan fingerprint density at radius 2 is 1.61 bits per heavy atom. The highest BCUT2D eigenvalue weighted by Gasteiger charge is 2.18. The lowest BCUT2D eigenvalue weighted by Crippen LogP contribution is -1.96. The van der Waals surface area contributed by atoms with Crippen LogP contribution in [0.4, 0.5) is 4.39 Å². The van der Waals surface area contributed by atoms with Crippen molar-refractivity contribution in [1.29, 1.82) is 0 Å². The number of nitrogens with zero attached hydrogens (tertiary/aromatic N) is 1. The standard InChI is InChI=1S/C22H18FNO4/c1-25-18-11-9-14(20(26-2)21(18)27-3)13-8-10-17-19(12-13)28-22(24-17)15-6-4-5-7-16(15)23/h4-12H,1-3H3. The lowest BCUT2D eigenvalue weighted by Gasteiger charge is -2.15. The highest BCUT2D eigenvalue weighted by Crippen LogP contribution is 2.44. The van der Waals surface area contributed by atoms with Crippen LogP contribution in [0.15, 0.2) is 59.0 Å².